The van der Waals surface area contributed by atoms with Crippen molar-refractivity contribution in [3.63, 3.8) is 0 Å². The molecule has 15 heavy (non-hydrogen) atoms. The van der Waals surface area contributed by atoms with E-state index in [9.17, 15) is 8.42 Å². The molecule has 0 N–H and O–H groups in total. The van der Waals surface area contributed by atoms with E-state index in [1.807, 2.05) is 0 Å². The van der Waals surface area contributed by atoms with Gasteiger partial charge in [0, 0.05) is 0 Å². The Morgan fingerprint density at radius 1 is 1.13 bits per heavy atom. The van der Waals surface area contributed by atoms with Gasteiger partial charge in [0.25, 0.3) is 0 Å². The van der Waals surface area contributed by atoms with Gasteiger partial charge < -0.3 is 9.47 Å². The second kappa shape index (κ2) is 4.85. The zero-order valence-corrected chi connectivity index (χ0v) is 11.4. The highest BCUT2D eigenvalue weighted by Crippen LogP contribution is 2.24. The van der Waals surface area contributed by atoms with Crippen LogP contribution in [-0.2, 0) is 19.3 Å². The molecule has 0 aromatic rings. The SMILES string of the molecule is O=S1(=O)CC(I)C(OCCOC2CC2)C1. The number of halogens is 1. The standard InChI is InChI=1S/C9H15IO4S/c10-8-5-15(11,12)6-9(8)14-4-3-13-7-1-2-7/h7-9H,1-6H2. The summed E-state index contributed by atoms with van der Waals surface area (Å²) in [6.45, 7) is 1.10. The topological polar surface area (TPSA) is 52.6 Å². The van der Waals surface area contributed by atoms with E-state index in [0.717, 1.165) is 12.8 Å². The van der Waals surface area contributed by atoms with Gasteiger partial charge in [-0.25, -0.2) is 8.42 Å². The molecule has 2 unspecified atom stereocenters. The minimum absolute atomic E-state index is 0.0912. The summed E-state index contributed by atoms with van der Waals surface area (Å²) in [6.07, 6.45) is 2.62. The lowest BCUT2D eigenvalue weighted by atomic mass is 10.3. The van der Waals surface area contributed by atoms with E-state index in [-0.39, 0.29) is 21.5 Å². The molecule has 6 heteroatoms. The second-order valence-corrected chi connectivity index (χ2v) is 7.83. The summed E-state index contributed by atoms with van der Waals surface area (Å²) < 4.78 is 33.6. The summed E-state index contributed by atoms with van der Waals surface area (Å²) in [5.41, 5.74) is 0. The van der Waals surface area contributed by atoms with Crippen molar-refractivity contribution >= 4 is 32.4 Å². The van der Waals surface area contributed by atoms with E-state index in [1.54, 1.807) is 0 Å². The molecule has 1 saturated carbocycles. The fourth-order valence-electron chi connectivity index (χ4n) is 1.57. The van der Waals surface area contributed by atoms with Crippen LogP contribution in [0.4, 0.5) is 0 Å². The lowest BCUT2D eigenvalue weighted by Crippen LogP contribution is -2.24. The third kappa shape index (κ3) is 3.83. The van der Waals surface area contributed by atoms with Crippen LogP contribution in [0.1, 0.15) is 12.8 Å². The predicted octanol–water partition coefficient (Wildman–Crippen LogP) is 0.783. The Morgan fingerprint density at radius 3 is 2.33 bits per heavy atom. The molecule has 1 aliphatic heterocycles. The molecular formula is C9H15IO4S. The zero-order chi connectivity index (χ0) is 10.9. The quantitative estimate of drug-likeness (QED) is 0.420. The lowest BCUT2D eigenvalue weighted by molar-refractivity contribution is 0.0133. The van der Waals surface area contributed by atoms with Gasteiger partial charge in [0.05, 0.1) is 40.9 Å². The number of rotatable bonds is 5. The third-order valence-corrected chi connectivity index (χ3v) is 6.07. The first-order chi connectivity index (χ1) is 7.07. The van der Waals surface area contributed by atoms with Crippen molar-refractivity contribution in [2.45, 2.75) is 29.0 Å². The highest BCUT2D eigenvalue weighted by atomic mass is 127. The van der Waals surface area contributed by atoms with Crippen molar-refractivity contribution in [3.05, 3.63) is 0 Å². The monoisotopic (exact) mass is 346 g/mol. The molecule has 2 aliphatic rings. The number of hydrogen-bond donors (Lipinski definition) is 0. The summed E-state index contributed by atoms with van der Waals surface area (Å²) in [7, 11) is -2.86. The van der Waals surface area contributed by atoms with Crippen molar-refractivity contribution in [3.8, 4) is 0 Å². The Morgan fingerprint density at radius 2 is 1.80 bits per heavy atom. The maximum Gasteiger partial charge on any atom is 0.154 e. The van der Waals surface area contributed by atoms with Crippen LogP contribution in [0.3, 0.4) is 0 Å². The van der Waals surface area contributed by atoms with Gasteiger partial charge in [0.15, 0.2) is 9.84 Å². The highest BCUT2D eigenvalue weighted by Gasteiger charge is 2.36. The first kappa shape index (κ1) is 12.1. The first-order valence-electron chi connectivity index (χ1n) is 5.14. The van der Waals surface area contributed by atoms with Crippen molar-refractivity contribution in [2.75, 3.05) is 24.7 Å². The predicted molar refractivity (Wildman–Crippen MR) is 65.2 cm³/mol. The Labute approximate surface area is 104 Å². The Bertz CT molecular complexity index is 312. The van der Waals surface area contributed by atoms with Crippen LogP contribution < -0.4 is 0 Å². The van der Waals surface area contributed by atoms with Crippen LogP contribution in [0.15, 0.2) is 0 Å². The smallest absolute Gasteiger partial charge is 0.154 e. The number of hydrogen-bond acceptors (Lipinski definition) is 4. The average molecular weight is 346 g/mol. The van der Waals surface area contributed by atoms with Gasteiger partial charge in [-0.2, -0.15) is 0 Å². The van der Waals surface area contributed by atoms with E-state index in [4.69, 9.17) is 9.47 Å². The van der Waals surface area contributed by atoms with Gasteiger partial charge >= 0.3 is 0 Å². The fraction of sp³-hybridized carbons (Fsp3) is 1.00. The van der Waals surface area contributed by atoms with Gasteiger partial charge in [0.1, 0.15) is 0 Å². The summed E-state index contributed by atoms with van der Waals surface area (Å²) in [6, 6.07) is 0. The Kier molecular flexibility index (Phi) is 3.90. The van der Waals surface area contributed by atoms with Crippen molar-refractivity contribution in [2.24, 2.45) is 0 Å². The maximum absolute atomic E-state index is 11.3. The molecule has 0 aromatic heterocycles. The summed E-state index contributed by atoms with van der Waals surface area (Å²) in [4.78, 5) is 0. The van der Waals surface area contributed by atoms with Crippen LogP contribution in [0.25, 0.3) is 0 Å². The third-order valence-electron chi connectivity index (χ3n) is 2.53. The second-order valence-electron chi connectivity index (χ2n) is 4.07. The molecule has 1 saturated heterocycles. The minimum atomic E-state index is -2.86. The molecule has 0 amide bonds. The van der Waals surface area contributed by atoms with E-state index >= 15 is 0 Å². The van der Waals surface area contributed by atoms with Crippen molar-refractivity contribution in [1.29, 1.82) is 0 Å². The minimum Gasteiger partial charge on any atom is -0.376 e. The number of sulfone groups is 1. The molecule has 2 rings (SSSR count). The Balaban J connectivity index is 1.65. The van der Waals surface area contributed by atoms with E-state index in [0.29, 0.717) is 19.3 Å². The van der Waals surface area contributed by atoms with Crippen LogP contribution >= 0.6 is 22.6 Å². The van der Waals surface area contributed by atoms with Gasteiger partial charge in [-0.3, -0.25) is 0 Å². The van der Waals surface area contributed by atoms with Crippen molar-refractivity contribution < 1.29 is 17.9 Å². The Hall–Kier alpha value is 0.600. The van der Waals surface area contributed by atoms with Crippen LogP contribution in [0.5, 0.6) is 0 Å². The molecule has 0 aromatic carbocycles. The largest absolute Gasteiger partial charge is 0.376 e. The van der Waals surface area contributed by atoms with Gasteiger partial charge in [0.2, 0.25) is 0 Å². The van der Waals surface area contributed by atoms with Crippen LogP contribution in [-0.4, -0.2) is 49.3 Å². The lowest BCUT2D eigenvalue weighted by Gasteiger charge is -2.13. The fourth-order valence-corrected chi connectivity index (χ4v) is 5.69. The van der Waals surface area contributed by atoms with Crippen LogP contribution in [0.2, 0.25) is 0 Å². The number of alkyl halides is 1. The van der Waals surface area contributed by atoms with Gasteiger partial charge in [-0.05, 0) is 12.8 Å². The van der Waals surface area contributed by atoms with Gasteiger partial charge in [-0.15, -0.1) is 0 Å². The molecule has 2 fully saturated rings. The number of ether oxygens (including phenoxy) is 2. The molecule has 88 valence electrons. The molecule has 0 bridgehead atoms. The molecular weight excluding hydrogens is 331 g/mol. The maximum atomic E-state index is 11.3. The molecule has 0 spiro atoms. The van der Waals surface area contributed by atoms with E-state index in [1.165, 1.54) is 0 Å². The molecule has 2 atom stereocenters. The molecule has 4 nitrogen and oxygen atoms in total. The highest BCUT2D eigenvalue weighted by molar-refractivity contribution is 14.1. The summed E-state index contributed by atoms with van der Waals surface area (Å²) >= 11 is 2.15. The van der Waals surface area contributed by atoms with Crippen LogP contribution in [0, 0.1) is 0 Å². The molecule has 0 radical (unpaired) electrons. The zero-order valence-electron chi connectivity index (χ0n) is 8.39. The first-order valence-corrected chi connectivity index (χ1v) is 8.21. The van der Waals surface area contributed by atoms with Crippen molar-refractivity contribution in [1.82, 2.24) is 0 Å². The average Bonchev–Trinajstić information content (AvgIpc) is 2.88. The van der Waals surface area contributed by atoms with Gasteiger partial charge in [-0.1, -0.05) is 22.6 Å². The summed E-state index contributed by atoms with van der Waals surface area (Å²) in [5, 5.41) is 0. The summed E-state index contributed by atoms with van der Waals surface area (Å²) in [5.74, 6) is 0.422. The van der Waals surface area contributed by atoms with E-state index < -0.39 is 9.84 Å². The normalized spacial score (nSPS) is 34.5. The van der Waals surface area contributed by atoms with E-state index in [2.05, 4.69) is 22.6 Å². The molecule has 1 heterocycles. The molecule has 1 aliphatic carbocycles.